The minimum Gasteiger partial charge on any atom is -0.449 e. The Morgan fingerprint density at radius 2 is 2.09 bits per heavy atom. The fraction of sp³-hybridized carbons (Fsp3) is 0.833. The van der Waals surface area contributed by atoms with Crippen LogP contribution in [0.15, 0.2) is 0 Å². The number of hydrogen-bond donors (Lipinski definition) is 3. The Hall–Kier alpha value is -0.810. The smallest absolute Gasteiger partial charge is 0.404 e. The van der Waals surface area contributed by atoms with Crippen LogP contribution in [0.5, 0.6) is 0 Å². The Balaban J connectivity index is 3.43. The van der Waals surface area contributed by atoms with Crippen molar-refractivity contribution in [1.29, 1.82) is 0 Å². The molecule has 6 N–H and O–H groups in total. The summed E-state index contributed by atoms with van der Waals surface area (Å²) >= 11 is 0. The Morgan fingerprint density at radius 3 is 2.45 bits per heavy atom. The van der Waals surface area contributed by atoms with Gasteiger partial charge in [-0.2, -0.15) is 0 Å². The molecule has 0 fully saturated rings. The third-order valence-corrected chi connectivity index (χ3v) is 1.37. The summed E-state index contributed by atoms with van der Waals surface area (Å²) in [5.74, 6) is 0.132. The zero-order valence-electron chi connectivity index (χ0n) is 6.45. The second-order valence-corrected chi connectivity index (χ2v) is 2.31. The maximum Gasteiger partial charge on any atom is 0.404 e. The Labute approximate surface area is 65.9 Å². The second kappa shape index (κ2) is 5.94. The molecule has 0 rings (SSSR count). The van der Waals surface area contributed by atoms with Crippen LogP contribution in [0.1, 0.15) is 6.42 Å². The predicted molar refractivity (Wildman–Crippen MR) is 41.8 cm³/mol. The molecule has 0 saturated heterocycles. The fourth-order valence-electron chi connectivity index (χ4n) is 0.705. The number of carbonyl (C=O) groups excluding carboxylic acids is 1. The van der Waals surface area contributed by atoms with Crippen molar-refractivity contribution in [1.82, 2.24) is 0 Å². The molecule has 0 heterocycles. The van der Waals surface area contributed by atoms with E-state index >= 15 is 0 Å². The van der Waals surface area contributed by atoms with Crippen LogP contribution in [-0.4, -0.2) is 25.8 Å². The summed E-state index contributed by atoms with van der Waals surface area (Å²) in [5, 5.41) is 0. The van der Waals surface area contributed by atoms with Gasteiger partial charge in [0.2, 0.25) is 0 Å². The first kappa shape index (κ1) is 10.2. The third-order valence-electron chi connectivity index (χ3n) is 1.37. The summed E-state index contributed by atoms with van der Waals surface area (Å²) < 4.78 is 4.55. The molecule has 0 saturated carbocycles. The summed E-state index contributed by atoms with van der Waals surface area (Å²) in [6.45, 7) is 1.28. The summed E-state index contributed by atoms with van der Waals surface area (Å²) in [7, 11) is 0. The van der Waals surface area contributed by atoms with Gasteiger partial charge in [0.25, 0.3) is 0 Å². The molecule has 0 aromatic heterocycles. The Morgan fingerprint density at radius 1 is 1.45 bits per heavy atom. The van der Waals surface area contributed by atoms with Gasteiger partial charge in [-0.25, -0.2) is 4.79 Å². The molecule has 0 aromatic carbocycles. The summed E-state index contributed by atoms with van der Waals surface area (Å²) in [4.78, 5) is 10.2. The van der Waals surface area contributed by atoms with E-state index in [0.29, 0.717) is 13.1 Å². The van der Waals surface area contributed by atoms with Crippen LogP contribution in [0, 0.1) is 5.92 Å². The molecule has 5 heteroatoms. The van der Waals surface area contributed by atoms with Crippen LogP contribution in [0.2, 0.25) is 0 Å². The highest BCUT2D eigenvalue weighted by atomic mass is 16.5. The number of primary amides is 1. The highest BCUT2D eigenvalue weighted by Crippen LogP contribution is 1.99. The van der Waals surface area contributed by atoms with Crippen molar-refractivity contribution < 1.29 is 9.53 Å². The van der Waals surface area contributed by atoms with Gasteiger partial charge in [-0.05, 0) is 19.5 Å². The first-order valence-electron chi connectivity index (χ1n) is 3.53. The van der Waals surface area contributed by atoms with E-state index in [0.717, 1.165) is 6.42 Å². The molecular formula is C6H15N3O2. The average molecular weight is 161 g/mol. The van der Waals surface area contributed by atoms with Crippen LogP contribution in [0.3, 0.4) is 0 Å². The summed E-state index contributed by atoms with van der Waals surface area (Å²) in [6, 6.07) is 0. The monoisotopic (exact) mass is 161 g/mol. The zero-order valence-corrected chi connectivity index (χ0v) is 6.45. The average Bonchev–Trinajstić information content (AvgIpc) is 1.97. The number of rotatable bonds is 5. The SMILES string of the molecule is NCCC(CN)COC(N)=O. The van der Waals surface area contributed by atoms with Gasteiger partial charge in [0.1, 0.15) is 0 Å². The number of amides is 1. The van der Waals surface area contributed by atoms with Gasteiger partial charge in [-0.1, -0.05) is 0 Å². The third kappa shape index (κ3) is 5.63. The van der Waals surface area contributed by atoms with E-state index in [9.17, 15) is 4.79 Å². The van der Waals surface area contributed by atoms with E-state index in [-0.39, 0.29) is 12.5 Å². The first-order valence-corrected chi connectivity index (χ1v) is 3.53. The Bertz CT molecular complexity index is 118. The molecule has 0 aliphatic carbocycles. The standard InChI is InChI=1S/C6H15N3O2/c7-2-1-5(3-8)4-11-6(9)10/h5H,1-4,7-8H2,(H2,9,10). The first-order chi connectivity index (χ1) is 5.20. The molecule has 1 unspecified atom stereocenters. The molecule has 0 aromatic rings. The van der Waals surface area contributed by atoms with Gasteiger partial charge in [0, 0.05) is 5.92 Å². The molecule has 0 aliphatic heterocycles. The van der Waals surface area contributed by atoms with Crippen molar-refractivity contribution in [3.8, 4) is 0 Å². The van der Waals surface area contributed by atoms with E-state index in [1.165, 1.54) is 0 Å². The molecule has 11 heavy (non-hydrogen) atoms. The molecule has 66 valence electrons. The number of ether oxygens (including phenoxy) is 1. The van der Waals surface area contributed by atoms with Gasteiger partial charge in [-0.15, -0.1) is 0 Å². The summed E-state index contributed by atoms with van der Waals surface area (Å²) in [5.41, 5.74) is 15.4. The quantitative estimate of drug-likeness (QED) is 0.481. The maximum atomic E-state index is 10.2. The van der Waals surface area contributed by atoms with Gasteiger partial charge in [0.15, 0.2) is 0 Å². The Kier molecular flexibility index (Phi) is 5.50. The van der Waals surface area contributed by atoms with Gasteiger partial charge in [-0.3, -0.25) is 0 Å². The molecule has 0 radical (unpaired) electrons. The zero-order chi connectivity index (χ0) is 8.69. The van der Waals surface area contributed by atoms with Crippen LogP contribution < -0.4 is 17.2 Å². The minimum absolute atomic E-state index is 0.132. The molecule has 1 amide bonds. The maximum absolute atomic E-state index is 10.2. The van der Waals surface area contributed by atoms with Gasteiger partial charge < -0.3 is 21.9 Å². The lowest BCUT2D eigenvalue weighted by atomic mass is 10.1. The number of hydrogen-bond acceptors (Lipinski definition) is 4. The molecular weight excluding hydrogens is 146 g/mol. The van der Waals surface area contributed by atoms with E-state index in [2.05, 4.69) is 4.74 Å². The van der Waals surface area contributed by atoms with Gasteiger partial charge in [0.05, 0.1) is 6.61 Å². The molecule has 5 nitrogen and oxygen atoms in total. The van der Waals surface area contributed by atoms with Crippen molar-refractivity contribution in [3.05, 3.63) is 0 Å². The second-order valence-electron chi connectivity index (χ2n) is 2.31. The van der Waals surface area contributed by atoms with Crippen LogP contribution >= 0.6 is 0 Å². The molecule has 1 atom stereocenters. The van der Waals surface area contributed by atoms with E-state index in [4.69, 9.17) is 17.2 Å². The van der Waals surface area contributed by atoms with E-state index < -0.39 is 6.09 Å². The number of nitrogens with two attached hydrogens (primary N) is 3. The van der Waals surface area contributed by atoms with Gasteiger partial charge >= 0.3 is 6.09 Å². The highest BCUT2D eigenvalue weighted by Gasteiger charge is 2.06. The topological polar surface area (TPSA) is 104 Å². The molecule has 0 spiro atoms. The van der Waals surface area contributed by atoms with Crippen molar-refractivity contribution >= 4 is 6.09 Å². The molecule has 0 bridgehead atoms. The fourth-order valence-corrected chi connectivity index (χ4v) is 0.705. The van der Waals surface area contributed by atoms with Crippen molar-refractivity contribution in [2.24, 2.45) is 23.1 Å². The lowest BCUT2D eigenvalue weighted by Gasteiger charge is -2.11. The summed E-state index contributed by atoms with van der Waals surface area (Å²) in [6.07, 6.45) is -0.00970. The van der Waals surface area contributed by atoms with Crippen LogP contribution in [-0.2, 0) is 4.74 Å². The van der Waals surface area contributed by atoms with E-state index in [1.807, 2.05) is 0 Å². The van der Waals surface area contributed by atoms with E-state index in [1.54, 1.807) is 0 Å². The van der Waals surface area contributed by atoms with Crippen molar-refractivity contribution in [3.63, 3.8) is 0 Å². The molecule has 0 aliphatic rings. The normalized spacial score (nSPS) is 12.5. The van der Waals surface area contributed by atoms with Crippen LogP contribution in [0.4, 0.5) is 4.79 Å². The number of carbonyl (C=O) groups is 1. The van der Waals surface area contributed by atoms with Crippen molar-refractivity contribution in [2.75, 3.05) is 19.7 Å². The van der Waals surface area contributed by atoms with Crippen molar-refractivity contribution in [2.45, 2.75) is 6.42 Å². The van der Waals surface area contributed by atoms with Crippen LogP contribution in [0.25, 0.3) is 0 Å². The lowest BCUT2D eigenvalue weighted by Crippen LogP contribution is -2.26. The largest absolute Gasteiger partial charge is 0.449 e. The highest BCUT2D eigenvalue weighted by molar-refractivity contribution is 5.64. The minimum atomic E-state index is -0.763. The predicted octanol–water partition coefficient (Wildman–Crippen LogP) is -0.995. The lowest BCUT2D eigenvalue weighted by molar-refractivity contribution is 0.136.